The Morgan fingerprint density at radius 1 is 0.600 bits per heavy atom. The summed E-state index contributed by atoms with van der Waals surface area (Å²) in [6.07, 6.45) is 42.4. The van der Waals surface area contributed by atoms with Crippen LogP contribution in [0.15, 0.2) is 24.3 Å². The van der Waals surface area contributed by atoms with Gasteiger partial charge in [-0.2, -0.15) is 0 Å². The quantitative estimate of drug-likeness (QED) is 0.0669. The molecular weight excluding hydrogens is 490 g/mol. The lowest BCUT2D eigenvalue weighted by molar-refractivity contribution is -0.180. The molecule has 1 aliphatic rings. The lowest BCUT2D eigenvalue weighted by Crippen LogP contribution is -2.31. The van der Waals surface area contributed by atoms with E-state index in [-0.39, 0.29) is 11.9 Å². The Bertz CT molecular complexity index is 587. The summed E-state index contributed by atoms with van der Waals surface area (Å²) in [5.74, 6) is -0.303. The van der Waals surface area contributed by atoms with Crippen molar-refractivity contribution in [1.29, 1.82) is 0 Å². The number of nitrogens with zero attached hydrogens (tertiary/aromatic N) is 1. The van der Waals surface area contributed by atoms with Gasteiger partial charge in [-0.3, -0.25) is 0 Å². The van der Waals surface area contributed by atoms with Crippen LogP contribution in [0.3, 0.4) is 0 Å². The standard InChI is InChI=1S/C37H71NO2/c1-5-7-9-11-13-15-17-18-19-20-21-22-24-26-28-30-33-37(39-35-36(40-37)31-34-38(3)4)32-29-27-25-23-16-14-12-10-8-6-2/h8,10,18-19,36H,5-7,9,11-17,20-35H2,1-4H3/b10-8-,19-18-. The largest absolute Gasteiger partial charge is 0.347 e. The lowest BCUT2D eigenvalue weighted by atomic mass is 9.98. The molecule has 1 saturated heterocycles. The minimum absolute atomic E-state index is 0.271. The van der Waals surface area contributed by atoms with Crippen molar-refractivity contribution in [2.75, 3.05) is 27.2 Å². The number of hydrogen-bond donors (Lipinski definition) is 0. The van der Waals surface area contributed by atoms with Gasteiger partial charge in [-0.05, 0) is 78.3 Å². The fourth-order valence-corrected chi connectivity index (χ4v) is 5.84. The van der Waals surface area contributed by atoms with Gasteiger partial charge in [0, 0.05) is 19.4 Å². The van der Waals surface area contributed by atoms with Gasteiger partial charge in [0.15, 0.2) is 5.79 Å². The Labute approximate surface area is 251 Å². The monoisotopic (exact) mass is 562 g/mol. The van der Waals surface area contributed by atoms with Gasteiger partial charge in [-0.15, -0.1) is 0 Å². The molecule has 0 amide bonds. The predicted molar refractivity (Wildman–Crippen MR) is 177 cm³/mol. The SMILES string of the molecule is CC/C=C\CCCCCCCCC1(CCCCCCCC/C=C\CCCCCCCC)OCC(CCN(C)C)O1. The maximum Gasteiger partial charge on any atom is 0.168 e. The zero-order valence-corrected chi connectivity index (χ0v) is 27.7. The van der Waals surface area contributed by atoms with Crippen molar-refractivity contribution in [3.63, 3.8) is 0 Å². The molecule has 0 aromatic carbocycles. The lowest BCUT2D eigenvalue weighted by Gasteiger charge is -2.29. The molecule has 1 aliphatic heterocycles. The topological polar surface area (TPSA) is 21.7 Å². The summed E-state index contributed by atoms with van der Waals surface area (Å²) < 4.78 is 13.1. The van der Waals surface area contributed by atoms with E-state index in [9.17, 15) is 0 Å². The highest BCUT2D eigenvalue weighted by molar-refractivity contribution is 4.82. The Kier molecular flexibility index (Phi) is 25.4. The van der Waals surface area contributed by atoms with Crippen molar-refractivity contribution in [2.45, 2.75) is 186 Å². The van der Waals surface area contributed by atoms with Gasteiger partial charge in [-0.25, -0.2) is 0 Å². The molecule has 0 bridgehead atoms. The molecule has 0 radical (unpaired) electrons. The van der Waals surface area contributed by atoms with Gasteiger partial charge in [0.1, 0.15) is 0 Å². The van der Waals surface area contributed by atoms with E-state index in [1.54, 1.807) is 0 Å². The number of unbranched alkanes of at least 4 members (excludes halogenated alkanes) is 18. The van der Waals surface area contributed by atoms with Crippen LogP contribution in [0.1, 0.15) is 174 Å². The Morgan fingerprint density at radius 3 is 1.52 bits per heavy atom. The van der Waals surface area contributed by atoms with Crippen LogP contribution in [0.2, 0.25) is 0 Å². The van der Waals surface area contributed by atoms with E-state index in [0.29, 0.717) is 0 Å². The minimum Gasteiger partial charge on any atom is -0.347 e. The van der Waals surface area contributed by atoms with Crippen molar-refractivity contribution < 1.29 is 9.47 Å². The fourth-order valence-electron chi connectivity index (χ4n) is 5.84. The first-order chi connectivity index (χ1) is 19.6. The highest BCUT2D eigenvalue weighted by Gasteiger charge is 2.40. The first-order valence-electron chi connectivity index (χ1n) is 17.9. The first kappa shape index (κ1) is 37.4. The Balaban J connectivity index is 2.16. The van der Waals surface area contributed by atoms with E-state index in [4.69, 9.17) is 9.47 Å². The maximum atomic E-state index is 6.64. The summed E-state index contributed by atoms with van der Waals surface area (Å²) in [7, 11) is 4.30. The van der Waals surface area contributed by atoms with Crippen molar-refractivity contribution in [1.82, 2.24) is 4.90 Å². The average molecular weight is 562 g/mol. The molecule has 0 aromatic rings. The number of hydrogen-bond acceptors (Lipinski definition) is 3. The second-order valence-corrected chi connectivity index (χ2v) is 12.8. The van der Waals surface area contributed by atoms with Crippen LogP contribution in [-0.2, 0) is 9.47 Å². The molecule has 2 unspecified atom stereocenters. The van der Waals surface area contributed by atoms with Crippen LogP contribution in [0.5, 0.6) is 0 Å². The zero-order chi connectivity index (χ0) is 29.0. The third kappa shape index (κ3) is 22.0. The smallest absolute Gasteiger partial charge is 0.168 e. The molecule has 1 heterocycles. The number of allylic oxidation sites excluding steroid dienone is 4. The minimum atomic E-state index is -0.303. The Hall–Kier alpha value is -0.640. The van der Waals surface area contributed by atoms with E-state index in [2.05, 4.69) is 57.1 Å². The highest BCUT2D eigenvalue weighted by atomic mass is 16.7. The molecule has 2 atom stereocenters. The second kappa shape index (κ2) is 27.2. The van der Waals surface area contributed by atoms with E-state index >= 15 is 0 Å². The van der Waals surface area contributed by atoms with Gasteiger partial charge >= 0.3 is 0 Å². The summed E-state index contributed by atoms with van der Waals surface area (Å²) in [5.41, 5.74) is 0. The van der Waals surface area contributed by atoms with Gasteiger partial charge in [0.2, 0.25) is 0 Å². The van der Waals surface area contributed by atoms with Crippen molar-refractivity contribution >= 4 is 0 Å². The summed E-state index contributed by atoms with van der Waals surface area (Å²) >= 11 is 0. The van der Waals surface area contributed by atoms with Crippen LogP contribution in [0, 0.1) is 0 Å². The van der Waals surface area contributed by atoms with Gasteiger partial charge in [0.25, 0.3) is 0 Å². The molecule has 3 heteroatoms. The van der Waals surface area contributed by atoms with Crippen molar-refractivity contribution in [3.8, 4) is 0 Å². The Morgan fingerprint density at radius 2 is 1.05 bits per heavy atom. The van der Waals surface area contributed by atoms with E-state index in [1.807, 2.05) is 0 Å². The molecular formula is C37H71NO2. The van der Waals surface area contributed by atoms with Crippen LogP contribution in [0.4, 0.5) is 0 Å². The van der Waals surface area contributed by atoms with E-state index < -0.39 is 0 Å². The zero-order valence-electron chi connectivity index (χ0n) is 27.7. The summed E-state index contributed by atoms with van der Waals surface area (Å²) in [5, 5.41) is 0. The molecule has 0 N–H and O–H groups in total. The predicted octanol–water partition coefficient (Wildman–Crippen LogP) is 11.6. The van der Waals surface area contributed by atoms with Crippen molar-refractivity contribution in [3.05, 3.63) is 24.3 Å². The summed E-state index contributed by atoms with van der Waals surface area (Å²) in [6.45, 7) is 6.36. The first-order valence-corrected chi connectivity index (χ1v) is 17.9. The van der Waals surface area contributed by atoms with Crippen LogP contribution >= 0.6 is 0 Å². The maximum absolute atomic E-state index is 6.64. The normalized spacial score (nSPS) is 19.7. The third-order valence-electron chi connectivity index (χ3n) is 8.46. The van der Waals surface area contributed by atoms with Gasteiger partial charge in [-0.1, -0.05) is 122 Å². The number of rotatable bonds is 29. The molecule has 40 heavy (non-hydrogen) atoms. The summed E-state index contributed by atoms with van der Waals surface area (Å²) in [6, 6.07) is 0. The molecule has 0 spiro atoms. The van der Waals surface area contributed by atoms with Gasteiger partial charge in [0.05, 0.1) is 12.7 Å². The molecule has 236 valence electrons. The molecule has 0 aliphatic carbocycles. The highest BCUT2D eigenvalue weighted by Crippen LogP contribution is 2.35. The van der Waals surface area contributed by atoms with Gasteiger partial charge < -0.3 is 14.4 Å². The van der Waals surface area contributed by atoms with Crippen LogP contribution in [0.25, 0.3) is 0 Å². The van der Waals surface area contributed by atoms with E-state index in [0.717, 1.165) is 32.4 Å². The molecule has 1 fully saturated rings. The molecule has 3 nitrogen and oxygen atoms in total. The molecule has 0 aromatic heterocycles. The molecule has 0 saturated carbocycles. The van der Waals surface area contributed by atoms with E-state index in [1.165, 1.54) is 141 Å². The second-order valence-electron chi connectivity index (χ2n) is 12.8. The van der Waals surface area contributed by atoms with Crippen LogP contribution in [-0.4, -0.2) is 44.0 Å². The number of ether oxygens (including phenoxy) is 2. The van der Waals surface area contributed by atoms with Crippen molar-refractivity contribution in [2.24, 2.45) is 0 Å². The summed E-state index contributed by atoms with van der Waals surface area (Å²) in [4.78, 5) is 2.26. The molecule has 1 rings (SSSR count). The average Bonchev–Trinajstić information content (AvgIpc) is 3.36. The third-order valence-corrected chi connectivity index (χ3v) is 8.46. The fraction of sp³-hybridized carbons (Fsp3) is 0.892. The van der Waals surface area contributed by atoms with Crippen LogP contribution < -0.4 is 0 Å².